The highest BCUT2D eigenvalue weighted by molar-refractivity contribution is 5.55. The second kappa shape index (κ2) is 5.77. The molecule has 0 amide bonds. The van der Waals surface area contributed by atoms with E-state index in [-0.39, 0.29) is 17.0 Å². The first-order valence-electron chi connectivity index (χ1n) is 6.02. The third-order valence-corrected chi connectivity index (χ3v) is 2.83. The van der Waals surface area contributed by atoms with Crippen molar-refractivity contribution < 1.29 is 18.3 Å². The lowest BCUT2D eigenvalue weighted by Gasteiger charge is -2.18. The smallest absolute Gasteiger partial charge is 0.306 e. The van der Waals surface area contributed by atoms with Crippen molar-refractivity contribution in [1.29, 1.82) is 0 Å². The van der Waals surface area contributed by atoms with Gasteiger partial charge in [0.05, 0.1) is 12.8 Å². The van der Waals surface area contributed by atoms with Crippen molar-refractivity contribution in [3.8, 4) is 11.5 Å². The van der Waals surface area contributed by atoms with Crippen molar-refractivity contribution in [3.63, 3.8) is 0 Å². The largest absolute Gasteiger partial charge is 0.497 e. The molecule has 0 unspecified atom stereocenters. The van der Waals surface area contributed by atoms with Crippen LogP contribution in [0, 0.1) is 0 Å². The second-order valence-corrected chi connectivity index (χ2v) is 4.26. The molecule has 5 heteroatoms. The number of ether oxygens (including phenoxy) is 2. The van der Waals surface area contributed by atoms with Crippen molar-refractivity contribution >= 4 is 5.69 Å². The quantitative estimate of drug-likeness (QED) is 0.853. The van der Waals surface area contributed by atoms with Gasteiger partial charge in [-0.2, -0.15) is 8.78 Å². The number of nitrogen functional groups attached to an aromatic ring is 1. The predicted octanol–water partition coefficient (Wildman–Crippen LogP) is 3.45. The Morgan fingerprint density at radius 2 is 1.80 bits per heavy atom. The van der Waals surface area contributed by atoms with Gasteiger partial charge in [0.25, 0.3) is 0 Å². The van der Waals surface area contributed by atoms with Crippen LogP contribution in [0.2, 0.25) is 0 Å². The van der Waals surface area contributed by atoms with Gasteiger partial charge in [0.15, 0.2) is 6.61 Å². The molecule has 2 N–H and O–H groups in total. The minimum Gasteiger partial charge on any atom is -0.497 e. The molecule has 2 aromatic carbocycles. The zero-order valence-corrected chi connectivity index (χ0v) is 11.0. The van der Waals surface area contributed by atoms with Crippen LogP contribution in [-0.4, -0.2) is 13.7 Å². The molecule has 0 heterocycles. The van der Waals surface area contributed by atoms with Gasteiger partial charge in [-0.25, -0.2) is 0 Å². The van der Waals surface area contributed by atoms with Crippen LogP contribution < -0.4 is 15.2 Å². The van der Waals surface area contributed by atoms with Crippen LogP contribution in [0.5, 0.6) is 11.5 Å². The predicted molar refractivity (Wildman–Crippen MR) is 73.2 cm³/mol. The highest BCUT2D eigenvalue weighted by Crippen LogP contribution is 2.32. The van der Waals surface area contributed by atoms with E-state index in [0.29, 0.717) is 5.75 Å². The summed E-state index contributed by atoms with van der Waals surface area (Å²) in [6.07, 6.45) is 0. The van der Waals surface area contributed by atoms with Crippen molar-refractivity contribution in [3.05, 3.63) is 54.1 Å². The fourth-order valence-corrected chi connectivity index (χ4v) is 1.70. The number of benzene rings is 2. The Morgan fingerprint density at radius 3 is 2.45 bits per heavy atom. The summed E-state index contributed by atoms with van der Waals surface area (Å²) in [5.41, 5.74) is 5.88. The number of hydrogen-bond donors (Lipinski definition) is 1. The first-order chi connectivity index (χ1) is 9.53. The number of rotatable bonds is 5. The fourth-order valence-electron chi connectivity index (χ4n) is 1.70. The number of hydrogen-bond acceptors (Lipinski definition) is 3. The normalized spacial score (nSPS) is 11.2. The number of nitrogens with two attached hydrogens (primary N) is 1. The second-order valence-electron chi connectivity index (χ2n) is 4.26. The SMILES string of the molecule is COc1ccc(N)c(OCC(F)(F)c2ccccc2)c1. The Labute approximate surface area is 115 Å². The van der Waals surface area contributed by atoms with E-state index in [0.717, 1.165) is 0 Å². The third kappa shape index (κ3) is 3.17. The highest BCUT2D eigenvalue weighted by Gasteiger charge is 2.32. The minimum absolute atomic E-state index is 0.0959. The molecule has 0 spiro atoms. The highest BCUT2D eigenvalue weighted by atomic mass is 19.3. The van der Waals surface area contributed by atoms with E-state index in [1.165, 1.54) is 25.3 Å². The molecule has 0 saturated heterocycles. The molecule has 0 atom stereocenters. The molecule has 0 aliphatic carbocycles. The summed E-state index contributed by atoms with van der Waals surface area (Å²) in [6, 6.07) is 12.2. The van der Waals surface area contributed by atoms with E-state index in [9.17, 15) is 8.78 Å². The van der Waals surface area contributed by atoms with Gasteiger partial charge in [-0.05, 0) is 12.1 Å². The van der Waals surface area contributed by atoms with Crippen molar-refractivity contribution in [2.24, 2.45) is 0 Å². The van der Waals surface area contributed by atoms with E-state index < -0.39 is 12.5 Å². The Bertz CT molecular complexity index is 573. The average molecular weight is 279 g/mol. The van der Waals surface area contributed by atoms with Crippen molar-refractivity contribution in [2.75, 3.05) is 19.5 Å². The van der Waals surface area contributed by atoms with Crippen LogP contribution in [-0.2, 0) is 5.92 Å². The molecule has 0 aliphatic rings. The number of halogens is 2. The summed E-state index contributed by atoms with van der Waals surface area (Å²) in [4.78, 5) is 0. The molecule has 3 nitrogen and oxygen atoms in total. The zero-order valence-electron chi connectivity index (χ0n) is 11.0. The molecule has 20 heavy (non-hydrogen) atoms. The van der Waals surface area contributed by atoms with Gasteiger partial charge in [-0.15, -0.1) is 0 Å². The molecule has 0 aromatic heterocycles. The summed E-state index contributed by atoms with van der Waals surface area (Å²) in [7, 11) is 1.48. The Morgan fingerprint density at radius 1 is 1.10 bits per heavy atom. The molecule has 0 fully saturated rings. The molecule has 2 rings (SSSR count). The van der Waals surface area contributed by atoms with E-state index in [2.05, 4.69) is 0 Å². The van der Waals surface area contributed by atoms with Crippen LogP contribution in [0.25, 0.3) is 0 Å². The summed E-state index contributed by atoms with van der Waals surface area (Å²) in [5, 5.41) is 0. The van der Waals surface area contributed by atoms with Crippen molar-refractivity contribution in [1.82, 2.24) is 0 Å². The van der Waals surface area contributed by atoms with E-state index >= 15 is 0 Å². The van der Waals surface area contributed by atoms with Crippen molar-refractivity contribution in [2.45, 2.75) is 5.92 Å². The molecule has 0 radical (unpaired) electrons. The summed E-state index contributed by atoms with van der Waals surface area (Å²) >= 11 is 0. The van der Waals surface area contributed by atoms with E-state index in [1.54, 1.807) is 30.3 Å². The minimum atomic E-state index is -3.09. The number of anilines is 1. The summed E-state index contributed by atoms with van der Waals surface area (Å²) < 4.78 is 38.1. The lowest BCUT2D eigenvalue weighted by Crippen LogP contribution is -2.23. The van der Waals surface area contributed by atoms with Gasteiger partial charge in [0.1, 0.15) is 11.5 Å². The van der Waals surface area contributed by atoms with Crippen LogP contribution in [0.4, 0.5) is 14.5 Å². The molecular weight excluding hydrogens is 264 g/mol. The molecule has 0 aliphatic heterocycles. The van der Waals surface area contributed by atoms with Gasteiger partial charge in [-0.3, -0.25) is 0 Å². The maximum Gasteiger partial charge on any atom is 0.306 e. The van der Waals surface area contributed by atoms with Gasteiger partial charge in [-0.1, -0.05) is 30.3 Å². The maximum absolute atomic E-state index is 14.0. The number of methoxy groups -OCH3 is 1. The van der Waals surface area contributed by atoms with Gasteiger partial charge >= 0.3 is 5.92 Å². The zero-order chi connectivity index (χ0) is 14.6. The average Bonchev–Trinajstić information content (AvgIpc) is 2.47. The van der Waals surface area contributed by atoms with Crippen LogP contribution in [0.3, 0.4) is 0 Å². The van der Waals surface area contributed by atoms with Crippen LogP contribution >= 0.6 is 0 Å². The van der Waals surface area contributed by atoms with Crippen LogP contribution in [0.1, 0.15) is 5.56 Å². The molecule has 0 saturated carbocycles. The monoisotopic (exact) mass is 279 g/mol. The first kappa shape index (κ1) is 14.1. The standard InChI is InChI=1S/C15H15F2NO2/c1-19-12-7-8-13(18)14(9-12)20-10-15(16,17)11-5-3-2-4-6-11/h2-9H,10,18H2,1H3. The first-order valence-corrected chi connectivity index (χ1v) is 6.02. The summed E-state index contributed by atoms with van der Waals surface area (Å²) in [6.45, 7) is -0.783. The van der Waals surface area contributed by atoms with Crippen LogP contribution in [0.15, 0.2) is 48.5 Å². The van der Waals surface area contributed by atoms with Gasteiger partial charge in [0, 0.05) is 11.6 Å². The Hall–Kier alpha value is -2.30. The van der Waals surface area contributed by atoms with Gasteiger partial charge < -0.3 is 15.2 Å². The Kier molecular flexibility index (Phi) is 4.08. The maximum atomic E-state index is 14.0. The van der Waals surface area contributed by atoms with E-state index in [4.69, 9.17) is 15.2 Å². The van der Waals surface area contributed by atoms with E-state index in [1.807, 2.05) is 0 Å². The Balaban J connectivity index is 2.12. The van der Waals surface area contributed by atoms with Gasteiger partial charge in [0.2, 0.25) is 0 Å². The molecular formula is C15H15F2NO2. The molecule has 0 bridgehead atoms. The topological polar surface area (TPSA) is 44.5 Å². The fraction of sp³-hybridized carbons (Fsp3) is 0.200. The lowest BCUT2D eigenvalue weighted by molar-refractivity contribution is -0.0465. The molecule has 106 valence electrons. The molecule has 2 aromatic rings. The summed E-state index contributed by atoms with van der Waals surface area (Å²) in [5.74, 6) is -2.41. The lowest BCUT2D eigenvalue weighted by atomic mass is 10.1. The third-order valence-electron chi connectivity index (χ3n) is 2.83. The number of alkyl halides is 2.